The van der Waals surface area contributed by atoms with Gasteiger partial charge in [-0.05, 0) is 18.2 Å². The van der Waals surface area contributed by atoms with Crippen LogP contribution in [0.25, 0.3) is 10.9 Å². The average Bonchev–Trinajstić information content (AvgIpc) is 2.30. The van der Waals surface area contributed by atoms with Crippen LogP contribution in [-0.2, 0) is 6.54 Å². The Bertz CT molecular complexity index is 517. The van der Waals surface area contributed by atoms with Crippen molar-refractivity contribution in [1.82, 2.24) is 0 Å². The van der Waals surface area contributed by atoms with E-state index in [0.29, 0.717) is 12.2 Å². The van der Waals surface area contributed by atoms with E-state index < -0.39 is 0 Å². The Morgan fingerprint density at radius 2 is 2.00 bits per heavy atom. The molecule has 0 saturated carbocycles. The zero-order chi connectivity index (χ0) is 10.7. The van der Waals surface area contributed by atoms with Gasteiger partial charge in [-0.15, -0.1) is 0 Å². The van der Waals surface area contributed by atoms with Crippen LogP contribution in [0, 0.1) is 0 Å². The molecule has 74 valence electrons. The Morgan fingerprint density at radius 1 is 1.20 bits per heavy atom. The molecule has 0 bridgehead atoms. The van der Waals surface area contributed by atoms with Gasteiger partial charge in [0.25, 0.3) is 0 Å². The number of hydrogen-bond donors (Lipinski definition) is 0. The van der Waals surface area contributed by atoms with E-state index in [1.54, 1.807) is 6.08 Å². The predicted molar refractivity (Wildman–Crippen MR) is 59.7 cm³/mol. The molecule has 0 N–H and O–H groups in total. The van der Waals surface area contributed by atoms with Crippen molar-refractivity contribution < 1.29 is 9.36 Å². The Kier molecular flexibility index (Phi) is 2.59. The Labute approximate surface area is 88.5 Å². The summed E-state index contributed by atoms with van der Waals surface area (Å²) in [6.07, 6.45) is 2.66. The monoisotopic (exact) mass is 198 g/mol. The van der Waals surface area contributed by atoms with Crippen LogP contribution in [0.4, 0.5) is 0 Å². The van der Waals surface area contributed by atoms with Crippen LogP contribution in [0.2, 0.25) is 0 Å². The molecular weight excluding hydrogens is 186 g/mol. The fraction of sp³-hybridized carbons (Fsp3) is 0.0769. The standard InChI is InChI=1S/C13H12NO/c1-2-9-14-12(10-15)8-7-11-5-3-4-6-13(11)14/h2-8,10H,1,9H2/q+1. The molecular formula is C13H12NO+. The normalized spacial score (nSPS) is 10.1. The number of benzene rings is 1. The largest absolute Gasteiger partial charge is 0.291 e. The molecule has 0 aliphatic heterocycles. The Morgan fingerprint density at radius 3 is 2.73 bits per heavy atom. The van der Waals surface area contributed by atoms with Gasteiger partial charge in [-0.25, -0.2) is 0 Å². The number of carbonyl (C=O) groups excluding carboxylic acids is 1. The summed E-state index contributed by atoms with van der Waals surface area (Å²) in [4.78, 5) is 10.9. The number of hydrogen-bond acceptors (Lipinski definition) is 1. The molecule has 2 nitrogen and oxygen atoms in total. The molecule has 0 atom stereocenters. The second-order valence-electron chi connectivity index (χ2n) is 3.33. The van der Waals surface area contributed by atoms with Gasteiger partial charge in [-0.3, -0.25) is 4.79 Å². The van der Waals surface area contributed by atoms with E-state index in [9.17, 15) is 4.79 Å². The summed E-state index contributed by atoms with van der Waals surface area (Å²) in [6, 6.07) is 11.8. The molecule has 1 heterocycles. The van der Waals surface area contributed by atoms with Gasteiger partial charge >= 0.3 is 0 Å². The second kappa shape index (κ2) is 4.05. The summed E-state index contributed by atoms with van der Waals surface area (Å²) < 4.78 is 1.95. The fourth-order valence-electron chi connectivity index (χ4n) is 1.71. The molecule has 2 aromatic rings. The number of para-hydroxylation sites is 1. The number of allylic oxidation sites excluding steroid dienone is 1. The summed E-state index contributed by atoms with van der Waals surface area (Å²) in [5.41, 5.74) is 1.73. The highest BCUT2D eigenvalue weighted by molar-refractivity contribution is 5.79. The van der Waals surface area contributed by atoms with Gasteiger partial charge in [0.05, 0.1) is 0 Å². The number of fused-ring (bicyclic) bond motifs is 1. The SMILES string of the molecule is C=CC[n+]1c(C=O)ccc2ccccc21. The minimum absolute atomic E-state index is 0.648. The van der Waals surface area contributed by atoms with Crippen molar-refractivity contribution in [2.45, 2.75) is 6.54 Å². The Balaban J connectivity index is 2.77. The maximum absolute atomic E-state index is 10.9. The molecule has 2 rings (SSSR count). The molecule has 0 aliphatic carbocycles. The zero-order valence-corrected chi connectivity index (χ0v) is 8.39. The number of pyridine rings is 1. The van der Waals surface area contributed by atoms with Crippen molar-refractivity contribution in [1.29, 1.82) is 0 Å². The lowest BCUT2D eigenvalue weighted by Crippen LogP contribution is -2.38. The third kappa shape index (κ3) is 1.66. The van der Waals surface area contributed by atoms with E-state index in [-0.39, 0.29) is 0 Å². The molecule has 1 aromatic carbocycles. The van der Waals surface area contributed by atoms with Crippen molar-refractivity contribution in [2.24, 2.45) is 0 Å². The van der Waals surface area contributed by atoms with Crippen molar-refractivity contribution in [3.8, 4) is 0 Å². The Hall–Kier alpha value is -1.96. The molecule has 0 saturated heterocycles. The smallest absolute Gasteiger partial charge is 0.246 e. The zero-order valence-electron chi connectivity index (χ0n) is 8.39. The molecule has 0 amide bonds. The fourth-order valence-corrected chi connectivity index (χ4v) is 1.71. The minimum atomic E-state index is 0.648. The van der Waals surface area contributed by atoms with Crippen LogP contribution in [0.5, 0.6) is 0 Å². The van der Waals surface area contributed by atoms with E-state index in [1.807, 2.05) is 41.0 Å². The first-order chi connectivity index (χ1) is 7.36. The molecule has 0 radical (unpaired) electrons. The van der Waals surface area contributed by atoms with Crippen molar-refractivity contribution >= 4 is 17.2 Å². The number of carbonyl (C=O) groups is 1. The van der Waals surface area contributed by atoms with Crippen LogP contribution >= 0.6 is 0 Å². The summed E-state index contributed by atoms with van der Waals surface area (Å²) >= 11 is 0. The van der Waals surface area contributed by atoms with E-state index in [0.717, 1.165) is 17.2 Å². The molecule has 0 unspecified atom stereocenters. The van der Waals surface area contributed by atoms with E-state index in [1.165, 1.54) is 0 Å². The average molecular weight is 198 g/mol. The highest BCUT2D eigenvalue weighted by atomic mass is 16.1. The molecule has 0 spiro atoms. The lowest BCUT2D eigenvalue weighted by molar-refractivity contribution is -0.662. The first-order valence-corrected chi connectivity index (χ1v) is 4.84. The van der Waals surface area contributed by atoms with Crippen LogP contribution in [-0.4, -0.2) is 6.29 Å². The second-order valence-corrected chi connectivity index (χ2v) is 3.33. The maximum Gasteiger partial charge on any atom is 0.246 e. The number of aldehydes is 1. The summed E-state index contributed by atoms with van der Waals surface area (Å²) in [7, 11) is 0. The van der Waals surface area contributed by atoms with Gasteiger partial charge in [0.15, 0.2) is 6.54 Å². The minimum Gasteiger partial charge on any atom is -0.291 e. The van der Waals surface area contributed by atoms with E-state index in [2.05, 4.69) is 6.58 Å². The summed E-state index contributed by atoms with van der Waals surface area (Å²) in [5, 5.41) is 1.13. The lowest BCUT2D eigenvalue weighted by atomic mass is 10.2. The summed E-state index contributed by atoms with van der Waals surface area (Å²) in [5.74, 6) is 0. The molecule has 15 heavy (non-hydrogen) atoms. The van der Waals surface area contributed by atoms with Crippen LogP contribution < -0.4 is 4.57 Å². The first-order valence-electron chi connectivity index (χ1n) is 4.84. The molecule has 0 fully saturated rings. The van der Waals surface area contributed by atoms with E-state index in [4.69, 9.17) is 0 Å². The van der Waals surface area contributed by atoms with Gasteiger partial charge in [-0.2, -0.15) is 4.57 Å². The van der Waals surface area contributed by atoms with Gasteiger partial charge in [0, 0.05) is 17.5 Å². The topological polar surface area (TPSA) is 20.9 Å². The van der Waals surface area contributed by atoms with Gasteiger partial charge in [0.2, 0.25) is 17.5 Å². The van der Waals surface area contributed by atoms with Gasteiger partial charge in [0.1, 0.15) is 0 Å². The molecule has 1 aromatic heterocycles. The number of nitrogens with zero attached hydrogens (tertiary/aromatic N) is 1. The lowest BCUT2D eigenvalue weighted by Gasteiger charge is -2.00. The first kappa shape index (κ1) is 9.59. The van der Waals surface area contributed by atoms with Crippen LogP contribution in [0.3, 0.4) is 0 Å². The maximum atomic E-state index is 10.9. The molecule has 2 heteroatoms. The third-order valence-electron chi connectivity index (χ3n) is 2.41. The van der Waals surface area contributed by atoms with Crippen LogP contribution in [0.1, 0.15) is 10.5 Å². The molecule has 0 aliphatic rings. The van der Waals surface area contributed by atoms with Gasteiger partial charge in [-0.1, -0.05) is 18.7 Å². The highest BCUT2D eigenvalue weighted by Gasteiger charge is 2.12. The number of aromatic nitrogens is 1. The van der Waals surface area contributed by atoms with E-state index >= 15 is 0 Å². The van der Waals surface area contributed by atoms with Crippen molar-refractivity contribution in [3.63, 3.8) is 0 Å². The highest BCUT2D eigenvalue weighted by Crippen LogP contribution is 2.09. The number of rotatable bonds is 3. The third-order valence-corrected chi connectivity index (χ3v) is 2.41. The predicted octanol–water partition coefficient (Wildman–Crippen LogP) is 2.13. The van der Waals surface area contributed by atoms with Crippen molar-refractivity contribution in [2.75, 3.05) is 0 Å². The van der Waals surface area contributed by atoms with Crippen LogP contribution in [0.15, 0.2) is 49.1 Å². The van der Waals surface area contributed by atoms with Crippen molar-refractivity contribution in [3.05, 3.63) is 54.7 Å². The van der Waals surface area contributed by atoms with Gasteiger partial charge < -0.3 is 0 Å². The quantitative estimate of drug-likeness (QED) is 0.420. The summed E-state index contributed by atoms with van der Waals surface area (Å²) in [6.45, 7) is 4.35.